The van der Waals surface area contributed by atoms with Gasteiger partial charge in [0.1, 0.15) is 0 Å². The van der Waals surface area contributed by atoms with Gasteiger partial charge in [-0.1, -0.05) is 24.3 Å². The van der Waals surface area contributed by atoms with Crippen molar-refractivity contribution in [3.05, 3.63) is 76.2 Å². The van der Waals surface area contributed by atoms with Gasteiger partial charge < -0.3 is 4.74 Å². The van der Waals surface area contributed by atoms with Crippen molar-refractivity contribution in [2.45, 2.75) is 31.4 Å². The van der Waals surface area contributed by atoms with Gasteiger partial charge >= 0.3 is 5.97 Å². The fourth-order valence-corrected chi connectivity index (χ4v) is 5.59. The van der Waals surface area contributed by atoms with E-state index in [0.29, 0.717) is 29.6 Å². The van der Waals surface area contributed by atoms with Crippen LogP contribution in [0.25, 0.3) is 10.8 Å². The molecule has 2 aromatic carbocycles. The lowest BCUT2D eigenvalue weighted by molar-refractivity contribution is 0.0366. The lowest BCUT2D eigenvalue weighted by atomic mass is 10.1. The molecule has 8 heteroatoms. The van der Waals surface area contributed by atoms with Gasteiger partial charge in [0.05, 0.1) is 10.5 Å². The number of hydrogen-bond acceptors (Lipinski definition) is 5. The second kappa shape index (κ2) is 8.04. The van der Waals surface area contributed by atoms with E-state index in [4.69, 9.17) is 4.74 Å². The number of benzene rings is 2. The lowest BCUT2D eigenvalue weighted by Crippen LogP contribution is -2.29. The number of ether oxygens (including phenoxy) is 1. The van der Waals surface area contributed by atoms with Gasteiger partial charge in [0.15, 0.2) is 6.73 Å². The molecule has 1 saturated heterocycles. The molecule has 0 aliphatic carbocycles. The van der Waals surface area contributed by atoms with Gasteiger partial charge in [0.25, 0.3) is 5.56 Å². The van der Waals surface area contributed by atoms with Crippen molar-refractivity contribution in [2.24, 2.45) is 0 Å². The Balaban J connectivity index is 1.71. The van der Waals surface area contributed by atoms with Gasteiger partial charge in [0.2, 0.25) is 10.0 Å². The lowest BCUT2D eigenvalue weighted by Gasteiger charge is -2.18. The Kier molecular flexibility index (Phi) is 5.44. The summed E-state index contributed by atoms with van der Waals surface area (Å²) in [6.45, 7) is 2.47. The van der Waals surface area contributed by atoms with Crippen LogP contribution in [0.2, 0.25) is 0 Å². The number of carbonyl (C=O) groups is 1. The predicted octanol–water partition coefficient (Wildman–Crippen LogP) is 2.91. The van der Waals surface area contributed by atoms with Crippen LogP contribution in [0.3, 0.4) is 0 Å². The Hall–Kier alpha value is -2.97. The van der Waals surface area contributed by atoms with Gasteiger partial charge in [-0.05, 0) is 49.6 Å². The molecule has 0 radical (unpaired) electrons. The largest absolute Gasteiger partial charge is 0.440 e. The standard InChI is InChI=1S/C22H22N2O5S/c1-16-14-23(15-29-22(26)17-8-3-2-4-9-17)21(25)18-10-7-11-19(20(16)18)30(27,28)24-12-5-6-13-24/h2-4,7-11,14H,5-6,12-13,15H2,1H3. The third kappa shape index (κ3) is 3.64. The number of carbonyl (C=O) groups excluding carboxylic acids is 1. The number of hydrogen-bond donors (Lipinski definition) is 0. The SMILES string of the molecule is Cc1cn(COC(=O)c2ccccc2)c(=O)c2cccc(S(=O)(=O)N3CCCC3)c12. The van der Waals surface area contributed by atoms with Crippen LogP contribution in [-0.4, -0.2) is 36.3 Å². The smallest absolute Gasteiger partial charge is 0.339 e. The van der Waals surface area contributed by atoms with E-state index in [-0.39, 0.29) is 17.0 Å². The zero-order chi connectivity index (χ0) is 21.3. The summed E-state index contributed by atoms with van der Waals surface area (Å²) in [5, 5.41) is 0.700. The first-order chi connectivity index (χ1) is 14.4. The summed E-state index contributed by atoms with van der Waals surface area (Å²) in [7, 11) is -3.68. The van der Waals surface area contributed by atoms with Crippen molar-refractivity contribution in [1.29, 1.82) is 0 Å². The first-order valence-electron chi connectivity index (χ1n) is 9.74. The maximum Gasteiger partial charge on any atom is 0.339 e. The summed E-state index contributed by atoms with van der Waals surface area (Å²) in [6.07, 6.45) is 3.21. The van der Waals surface area contributed by atoms with Crippen molar-refractivity contribution in [3.8, 4) is 0 Å². The summed E-state index contributed by atoms with van der Waals surface area (Å²) < 4.78 is 34.3. The molecule has 1 aliphatic rings. The predicted molar refractivity (Wildman–Crippen MR) is 113 cm³/mol. The highest BCUT2D eigenvalue weighted by Gasteiger charge is 2.29. The molecule has 2 heterocycles. The Morgan fingerprint density at radius 3 is 2.43 bits per heavy atom. The Bertz CT molecular complexity index is 1260. The molecule has 0 unspecified atom stereocenters. The Morgan fingerprint density at radius 2 is 1.73 bits per heavy atom. The third-order valence-corrected chi connectivity index (χ3v) is 7.23. The van der Waals surface area contributed by atoms with Crippen molar-refractivity contribution in [1.82, 2.24) is 8.87 Å². The quantitative estimate of drug-likeness (QED) is 0.586. The van der Waals surface area contributed by atoms with Gasteiger partial charge in [-0.15, -0.1) is 0 Å². The van der Waals surface area contributed by atoms with E-state index >= 15 is 0 Å². The van der Waals surface area contributed by atoms with Crippen LogP contribution < -0.4 is 5.56 Å². The van der Waals surface area contributed by atoms with Crippen LogP contribution in [0.15, 0.2) is 64.4 Å². The number of pyridine rings is 1. The third-order valence-electron chi connectivity index (χ3n) is 5.29. The minimum atomic E-state index is -3.68. The summed E-state index contributed by atoms with van der Waals surface area (Å²) in [5.41, 5.74) is 0.607. The molecule has 0 spiro atoms. The number of aromatic nitrogens is 1. The highest BCUT2D eigenvalue weighted by molar-refractivity contribution is 7.89. The van der Waals surface area contributed by atoms with Gasteiger partial charge in [-0.25, -0.2) is 13.2 Å². The fourth-order valence-electron chi connectivity index (χ4n) is 3.79. The van der Waals surface area contributed by atoms with Crippen LogP contribution >= 0.6 is 0 Å². The Labute approximate surface area is 174 Å². The van der Waals surface area contributed by atoms with Crippen LogP contribution in [0.4, 0.5) is 0 Å². The zero-order valence-electron chi connectivity index (χ0n) is 16.6. The van der Waals surface area contributed by atoms with E-state index in [2.05, 4.69) is 0 Å². The van der Waals surface area contributed by atoms with Gasteiger partial charge in [-0.3, -0.25) is 9.36 Å². The number of sulfonamides is 1. The van der Waals surface area contributed by atoms with E-state index in [1.54, 1.807) is 55.5 Å². The average molecular weight is 426 g/mol. The van der Waals surface area contributed by atoms with Crippen LogP contribution in [0.1, 0.15) is 28.8 Å². The monoisotopic (exact) mass is 426 g/mol. The molecule has 30 heavy (non-hydrogen) atoms. The number of esters is 1. The molecule has 0 bridgehead atoms. The van der Waals surface area contributed by atoms with Gasteiger partial charge in [-0.2, -0.15) is 4.31 Å². The summed E-state index contributed by atoms with van der Waals surface area (Å²) >= 11 is 0. The minimum Gasteiger partial charge on any atom is -0.440 e. The first kappa shape index (κ1) is 20.3. The molecule has 0 amide bonds. The molecule has 156 valence electrons. The minimum absolute atomic E-state index is 0.143. The molecule has 0 N–H and O–H groups in total. The van der Waals surface area contributed by atoms with Crippen molar-refractivity contribution in [3.63, 3.8) is 0 Å². The van der Waals surface area contributed by atoms with Gasteiger partial charge in [0, 0.05) is 30.1 Å². The van der Waals surface area contributed by atoms with E-state index in [1.807, 2.05) is 0 Å². The summed E-state index contributed by atoms with van der Waals surface area (Å²) in [5.74, 6) is -0.536. The van der Waals surface area contributed by atoms with E-state index in [0.717, 1.165) is 12.8 Å². The van der Waals surface area contributed by atoms with Crippen molar-refractivity contribution >= 4 is 26.8 Å². The van der Waals surface area contributed by atoms with E-state index in [9.17, 15) is 18.0 Å². The second-order valence-electron chi connectivity index (χ2n) is 7.30. The zero-order valence-corrected chi connectivity index (χ0v) is 17.4. The van der Waals surface area contributed by atoms with Crippen molar-refractivity contribution in [2.75, 3.05) is 13.1 Å². The molecular formula is C22H22N2O5S. The average Bonchev–Trinajstić information content (AvgIpc) is 3.31. The summed E-state index contributed by atoms with van der Waals surface area (Å²) in [4.78, 5) is 25.3. The molecule has 1 aliphatic heterocycles. The number of rotatable bonds is 5. The van der Waals surface area contributed by atoms with E-state index in [1.165, 1.54) is 15.1 Å². The second-order valence-corrected chi connectivity index (χ2v) is 9.21. The van der Waals surface area contributed by atoms with Crippen LogP contribution in [-0.2, 0) is 21.5 Å². The van der Waals surface area contributed by atoms with Crippen molar-refractivity contribution < 1.29 is 17.9 Å². The Morgan fingerprint density at radius 1 is 1.03 bits per heavy atom. The number of fused-ring (bicyclic) bond motifs is 1. The number of nitrogens with zero attached hydrogens (tertiary/aromatic N) is 2. The molecule has 1 fully saturated rings. The summed E-state index contributed by atoms with van der Waals surface area (Å²) in [6, 6.07) is 13.2. The molecule has 3 aromatic rings. The molecule has 0 saturated carbocycles. The number of aryl methyl sites for hydroxylation is 1. The molecule has 0 atom stereocenters. The molecule has 1 aromatic heterocycles. The molecule has 4 rings (SSSR count). The highest BCUT2D eigenvalue weighted by Crippen LogP contribution is 2.28. The maximum atomic E-state index is 13.1. The van der Waals surface area contributed by atoms with Crippen LogP contribution in [0, 0.1) is 6.92 Å². The van der Waals surface area contributed by atoms with Crippen LogP contribution in [0.5, 0.6) is 0 Å². The van der Waals surface area contributed by atoms with E-state index < -0.39 is 21.6 Å². The fraction of sp³-hybridized carbons (Fsp3) is 0.273. The first-order valence-corrected chi connectivity index (χ1v) is 11.2. The topological polar surface area (TPSA) is 85.7 Å². The molecule has 7 nitrogen and oxygen atoms in total. The maximum absolute atomic E-state index is 13.1. The molecular weight excluding hydrogens is 404 g/mol. The normalized spacial score (nSPS) is 14.8. The highest BCUT2D eigenvalue weighted by atomic mass is 32.2.